The maximum atomic E-state index is 10.0. The third-order valence-electron chi connectivity index (χ3n) is 4.59. The Balaban J connectivity index is 5.93. The Morgan fingerprint density at radius 3 is 1.28 bits per heavy atom. The van der Waals surface area contributed by atoms with Crippen LogP contribution in [0.5, 0.6) is 0 Å². The summed E-state index contributed by atoms with van der Waals surface area (Å²) >= 11 is 0. The van der Waals surface area contributed by atoms with Crippen molar-refractivity contribution in [3.8, 4) is 0 Å². The molecule has 3 N–H and O–H groups in total. The zero-order chi connectivity index (χ0) is 20.3. The minimum absolute atomic E-state index is 0.0609. The standard InChI is InChI=1S/C21H44O4/c1-17(2,3)11-19(7,8)16(21(13-22,14-23)15-24)25-20(9,10)12-18(4,5)6/h16,22-24H,11-15H2,1-10H3. The molecule has 0 rings (SSSR count). The average Bonchev–Trinajstić information content (AvgIpc) is 2.34. The molecule has 152 valence electrons. The molecule has 0 heterocycles. The summed E-state index contributed by atoms with van der Waals surface area (Å²) in [7, 11) is 0. The molecule has 0 aliphatic carbocycles. The van der Waals surface area contributed by atoms with Gasteiger partial charge in [0.2, 0.25) is 0 Å². The van der Waals surface area contributed by atoms with Crippen LogP contribution in [0.4, 0.5) is 0 Å². The molecule has 0 aromatic carbocycles. The van der Waals surface area contributed by atoms with Crippen LogP contribution in [-0.2, 0) is 4.74 Å². The van der Waals surface area contributed by atoms with Crippen LogP contribution in [0.3, 0.4) is 0 Å². The van der Waals surface area contributed by atoms with Gasteiger partial charge < -0.3 is 20.1 Å². The smallest absolute Gasteiger partial charge is 0.0755 e. The first-order valence-corrected chi connectivity index (χ1v) is 9.44. The molecular formula is C21H44O4. The van der Waals surface area contributed by atoms with Gasteiger partial charge in [0.1, 0.15) is 0 Å². The maximum Gasteiger partial charge on any atom is 0.0755 e. The zero-order valence-corrected chi connectivity index (χ0v) is 18.4. The highest BCUT2D eigenvalue weighted by atomic mass is 16.5. The molecule has 1 unspecified atom stereocenters. The van der Waals surface area contributed by atoms with E-state index in [2.05, 4.69) is 69.2 Å². The number of rotatable bonds is 9. The Bertz CT molecular complexity index is 387. The molecule has 0 aliphatic heterocycles. The highest BCUT2D eigenvalue weighted by Crippen LogP contribution is 2.46. The van der Waals surface area contributed by atoms with Crippen LogP contribution in [0.1, 0.15) is 82.1 Å². The van der Waals surface area contributed by atoms with Gasteiger partial charge >= 0.3 is 0 Å². The molecule has 0 radical (unpaired) electrons. The first-order valence-electron chi connectivity index (χ1n) is 9.44. The average molecular weight is 361 g/mol. The van der Waals surface area contributed by atoms with E-state index in [1.54, 1.807) is 0 Å². The van der Waals surface area contributed by atoms with Crippen LogP contribution in [0.15, 0.2) is 0 Å². The lowest BCUT2D eigenvalue weighted by Gasteiger charge is -2.51. The SMILES string of the molecule is CC(C)(C)CC(C)(C)OC(C(C)(C)CC(C)(C)C)C(CO)(CO)CO. The summed E-state index contributed by atoms with van der Waals surface area (Å²) in [6.07, 6.45) is 1.20. The van der Waals surface area contributed by atoms with Crippen LogP contribution in [0.25, 0.3) is 0 Å². The first-order chi connectivity index (χ1) is 10.9. The fourth-order valence-electron chi connectivity index (χ4n) is 4.61. The Morgan fingerprint density at radius 2 is 1.00 bits per heavy atom. The molecule has 0 aliphatic rings. The van der Waals surface area contributed by atoms with Crippen molar-refractivity contribution in [1.29, 1.82) is 0 Å². The van der Waals surface area contributed by atoms with E-state index in [9.17, 15) is 15.3 Å². The summed E-state index contributed by atoms with van der Waals surface area (Å²) in [5, 5.41) is 30.1. The zero-order valence-electron chi connectivity index (χ0n) is 18.4. The molecule has 0 amide bonds. The van der Waals surface area contributed by atoms with Crippen molar-refractivity contribution in [2.24, 2.45) is 21.7 Å². The monoisotopic (exact) mass is 360 g/mol. The second-order valence-electron chi connectivity index (χ2n) is 11.6. The van der Waals surface area contributed by atoms with E-state index < -0.39 is 17.1 Å². The van der Waals surface area contributed by atoms with Crippen LogP contribution < -0.4 is 0 Å². The summed E-state index contributed by atoms with van der Waals surface area (Å²) in [6.45, 7) is 20.4. The van der Waals surface area contributed by atoms with Crippen LogP contribution in [-0.4, -0.2) is 46.8 Å². The van der Waals surface area contributed by atoms with Gasteiger partial charge in [0.05, 0.1) is 36.9 Å². The van der Waals surface area contributed by atoms with Crippen LogP contribution in [0, 0.1) is 21.7 Å². The Kier molecular flexibility index (Phi) is 8.19. The molecule has 1 atom stereocenters. The van der Waals surface area contributed by atoms with Crippen molar-refractivity contribution in [3.63, 3.8) is 0 Å². The first kappa shape index (κ1) is 24.8. The minimum atomic E-state index is -1.08. The maximum absolute atomic E-state index is 10.0. The molecule has 0 fully saturated rings. The van der Waals surface area contributed by atoms with E-state index in [4.69, 9.17) is 4.74 Å². The van der Waals surface area contributed by atoms with E-state index in [1.807, 2.05) is 0 Å². The third kappa shape index (κ3) is 7.94. The Hall–Kier alpha value is -0.160. The number of ether oxygens (including phenoxy) is 1. The summed E-state index contributed by atoms with van der Waals surface area (Å²) in [6, 6.07) is 0. The lowest BCUT2D eigenvalue weighted by molar-refractivity contribution is -0.215. The number of hydrogen-bond donors (Lipinski definition) is 3. The normalized spacial score (nSPS) is 16.2. The molecule has 0 aromatic heterocycles. The Labute approximate surface area is 156 Å². The molecule has 4 nitrogen and oxygen atoms in total. The summed E-state index contributed by atoms with van der Waals surface area (Å²) in [5.74, 6) is 0. The van der Waals surface area contributed by atoms with Crippen molar-refractivity contribution in [3.05, 3.63) is 0 Å². The van der Waals surface area contributed by atoms with Gasteiger partial charge in [-0.15, -0.1) is 0 Å². The van der Waals surface area contributed by atoms with Crippen molar-refractivity contribution in [2.45, 2.75) is 93.8 Å². The largest absolute Gasteiger partial charge is 0.396 e. The molecule has 0 spiro atoms. The van der Waals surface area contributed by atoms with Crippen LogP contribution in [0.2, 0.25) is 0 Å². The number of aliphatic hydroxyl groups excluding tert-OH is 3. The predicted molar refractivity (Wildman–Crippen MR) is 105 cm³/mol. The lowest BCUT2D eigenvalue weighted by Crippen LogP contribution is -2.57. The van der Waals surface area contributed by atoms with E-state index >= 15 is 0 Å². The Morgan fingerprint density at radius 1 is 0.640 bits per heavy atom. The predicted octanol–water partition coefficient (Wildman–Crippen LogP) is 4.01. The lowest BCUT2D eigenvalue weighted by atomic mass is 9.64. The van der Waals surface area contributed by atoms with Gasteiger partial charge in [0.25, 0.3) is 0 Å². The highest BCUT2D eigenvalue weighted by Gasteiger charge is 2.50. The van der Waals surface area contributed by atoms with Gasteiger partial charge in [-0.1, -0.05) is 55.4 Å². The molecule has 0 saturated heterocycles. The fraction of sp³-hybridized carbons (Fsp3) is 1.00. The van der Waals surface area contributed by atoms with Gasteiger partial charge in [0.15, 0.2) is 0 Å². The van der Waals surface area contributed by atoms with Crippen LogP contribution >= 0.6 is 0 Å². The van der Waals surface area contributed by atoms with E-state index in [0.29, 0.717) is 0 Å². The van der Waals surface area contributed by atoms with Gasteiger partial charge in [0, 0.05) is 0 Å². The van der Waals surface area contributed by atoms with Crippen molar-refractivity contribution in [2.75, 3.05) is 19.8 Å². The van der Waals surface area contributed by atoms with Gasteiger partial charge in [-0.05, 0) is 42.9 Å². The minimum Gasteiger partial charge on any atom is -0.396 e. The molecule has 0 aromatic rings. The third-order valence-corrected chi connectivity index (χ3v) is 4.59. The second kappa shape index (κ2) is 8.24. The molecule has 0 bridgehead atoms. The highest BCUT2D eigenvalue weighted by molar-refractivity contribution is 4.98. The van der Waals surface area contributed by atoms with E-state index in [0.717, 1.165) is 12.8 Å². The molecule has 0 saturated carbocycles. The summed E-state index contributed by atoms with van der Waals surface area (Å²) in [5.41, 5.74) is -1.71. The van der Waals surface area contributed by atoms with E-state index in [1.165, 1.54) is 0 Å². The number of aliphatic hydroxyl groups is 3. The van der Waals surface area contributed by atoms with Gasteiger partial charge in [-0.2, -0.15) is 0 Å². The topological polar surface area (TPSA) is 69.9 Å². The van der Waals surface area contributed by atoms with Crippen molar-refractivity contribution in [1.82, 2.24) is 0 Å². The van der Waals surface area contributed by atoms with Gasteiger partial charge in [-0.25, -0.2) is 0 Å². The van der Waals surface area contributed by atoms with Gasteiger partial charge in [-0.3, -0.25) is 0 Å². The van der Waals surface area contributed by atoms with Crippen molar-refractivity contribution < 1.29 is 20.1 Å². The summed E-state index contributed by atoms with van der Waals surface area (Å²) in [4.78, 5) is 0. The van der Waals surface area contributed by atoms with Crippen molar-refractivity contribution >= 4 is 0 Å². The van der Waals surface area contributed by atoms with E-state index in [-0.39, 0.29) is 36.1 Å². The molecular weight excluding hydrogens is 316 g/mol. The number of hydrogen-bond acceptors (Lipinski definition) is 4. The quantitative estimate of drug-likeness (QED) is 0.581. The summed E-state index contributed by atoms with van der Waals surface area (Å²) < 4.78 is 6.58. The second-order valence-corrected chi connectivity index (χ2v) is 11.6. The molecule has 4 heteroatoms. The fourth-order valence-corrected chi connectivity index (χ4v) is 4.61. The molecule has 25 heavy (non-hydrogen) atoms.